The number of pyridine rings is 1. The molecule has 30 heavy (non-hydrogen) atoms. The van der Waals surface area contributed by atoms with Crippen LogP contribution in [-0.2, 0) is 0 Å². The summed E-state index contributed by atoms with van der Waals surface area (Å²) in [6.45, 7) is 4.26. The largest absolute Gasteiger partial charge is 0.317 e. The lowest BCUT2D eigenvalue weighted by molar-refractivity contribution is 0.408. The summed E-state index contributed by atoms with van der Waals surface area (Å²) in [6.07, 6.45) is 4.47. The number of hydrogen-bond acceptors (Lipinski definition) is 7. The highest BCUT2D eigenvalue weighted by Gasteiger charge is 2.15. The van der Waals surface area contributed by atoms with Crippen molar-refractivity contribution in [3.8, 4) is 0 Å². The van der Waals surface area contributed by atoms with E-state index in [9.17, 15) is 0 Å². The number of nitrogens with one attached hydrogen (secondary N) is 2. The van der Waals surface area contributed by atoms with Crippen molar-refractivity contribution in [2.45, 2.75) is 41.9 Å². The summed E-state index contributed by atoms with van der Waals surface area (Å²) in [5.74, 6) is 2.73. The molecule has 3 heterocycles. The highest BCUT2D eigenvalue weighted by molar-refractivity contribution is 8.00. The van der Waals surface area contributed by atoms with Crippen LogP contribution in [-0.4, -0.2) is 28.8 Å². The van der Waals surface area contributed by atoms with Gasteiger partial charge in [0, 0.05) is 27.1 Å². The van der Waals surface area contributed by atoms with Crippen LogP contribution >= 0.6 is 46.5 Å². The molecule has 4 rings (SSSR count). The summed E-state index contributed by atoms with van der Waals surface area (Å²) >= 11 is 11.5. The van der Waals surface area contributed by atoms with Crippen molar-refractivity contribution in [3.63, 3.8) is 0 Å². The number of hydrogen-bond donors (Lipinski definition) is 2. The lowest BCUT2D eigenvalue weighted by Gasteiger charge is -2.22. The molecule has 0 amide bonds. The summed E-state index contributed by atoms with van der Waals surface area (Å²) in [5.41, 5.74) is 1.01. The SMILES string of the molecule is C.Cc1csc(Nc2ncc(SCC3CCNCC3)cc2Sc2ccccc2Cl)n1. The molecule has 2 N–H and O–H groups in total. The fourth-order valence-electron chi connectivity index (χ4n) is 3.10. The van der Waals surface area contributed by atoms with Gasteiger partial charge in [0.25, 0.3) is 0 Å². The second-order valence-electron chi connectivity index (χ2n) is 6.97. The van der Waals surface area contributed by atoms with E-state index in [1.54, 1.807) is 23.1 Å². The van der Waals surface area contributed by atoms with Gasteiger partial charge in [0.2, 0.25) is 0 Å². The quantitative estimate of drug-likeness (QED) is 0.352. The van der Waals surface area contributed by atoms with Gasteiger partial charge in [0.15, 0.2) is 5.13 Å². The Morgan fingerprint density at radius 1 is 1.23 bits per heavy atom. The first-order chi connectivity index (χ1) is 14.2. The van der Waals surface area contributed by atoms with E-state index in [0.717, 1.165) is 56.2 Å². The molecule has 160 valence electrons. The van der Waals surface area contributed by atoms with E-state index in [1.807, 2.05) is 54.5 Å². The van der Waals surface area contributed by atoms with Gasteiger partial charge in [0.05, 0.1) is 15.6 Å². The van der Waals surface area contributed by atoms with Crippen molar-refractivity contribution >= 4 is 57.4 Å². The number of nitrogens with zero attached hydrogens (tertiary/aromatic N) is 2. The predicted molar refractivity (Wildman–Crippen MR) is 133 cm³/mol. The maximum Gasteiger partial charge on any atom is 0.188 e. The summed E-state index contributed by atoms with van der Waals surface area (Å²) in [5, 5.41) is 10.5. The van der Waals surface area contributed by atoms with Crippen LogP contribution in [0.25, 0.3) is 0 Å². The molecule has 1 aromatic carbocycles. The molecule has 0 unspecified atom stereocenters. The molecule has 1 aliphatic heterocycles. The molecule has 0 spiro atoms. The zero-order chi connectivity index (χ0) is 20.1. The van der Waals surface area contributed by atoms with Gasteiger partial charge in [-0.2, -0.15) is 0 Å². The molecule has 1 fully saturated rings. The Kier molecular flexibility index (Phi) is 8.89. The molecule has 3 aromatic rings. The van der Waals surface area contributed by atoms with Crippen molar-refractivity contribution in [2.75, 3.05) is 24.2 Å². The molecule has 0 radical (unpaired) electrons. The van der Waals surface area contributed by atoms with E-state index < -0.39 is 0 Å². The van der Waals surface area contributed by atoms with Gasteiger partial charge in [-0.3, -0.25) is 0 Å². The molecule has 0 bridgehead atoms. The first-order valence-corrected chi connectivity index (χ1v) is 12.7. The lowest BCUT2D eigenvalue weighted by atomic mass is 10.0. The Bertz CT molecular complexity index is 957. The second kappa shape index (κ2) is 11.4. The first-order valence-electron chi connectivity index (χ1n) is 9.62. The van der Waals surface area contributed by atoms with Crippen LogP contribution in [0.4, 0.5) is 10.9 Å². The number of rotatable bonds is 7. The summed E-state index contributed by atoms with van der Waals surface area (Å²) < 4.78 is 0. The van der Waals surface area contributed by atoms with Crippen molar-refractivity contribution in [3.05, 3.63) is 52.6 Å². The standard InChI is InChI=1S/C21H23ClN4S3.CH4/c1-14-12-28-21(25-14)26-20-19(29-18-5-3-2-4-17(18)22)10-16(11-24-20)27-13-15-6-8-23-9-7-15;/h2-5,10-12,15,23H,6-9,13H2,1H3,(H,24,25,26);1H4. The van der Waals surface area contributed by atoms with E-state index in [-0.39, 0.29) is 7.43 Å². The van der Waals surface area contributed by atoms with Crippen molar-refractivity contribution < 1.29 is 0 Å². The molecule has 1 saturated heterocycles. The minimum absolute atomic E-state index is 0. The smallest absolute Gasteiger partial charge is 0.188 e. The minimum Gasteiger partial charge on any atom is -0.317 e. The van der Waals surface area contributed by atoms with Gasteiger partial charge < -0.3 is 10.6 Å². The number of aryl methyl sites for hydroxylation is 1. The fourth-order valence-corrected chi connectivity index (χ4v) is 6.14. The molecule has 0 atom stereocenters. The minimum atomic E-state index is 0. The highest BCUT2D eigenvalue weighted by atomic mass is 35.5. The molecule has 0 aliphatic carbocycles. The van der Waals surface area contributed by atoms with Gasteiger partial charge in [-0.15, -0.1) is 23.1 Å². The van der Waals surface area contributed by atoms with E-state index in [4.69, 9.17) is 16.6 Å². The zero-order valence-corrected chi connectivity index (χ0v) is 19.4. The van der Waals surface area contributed by atoms with Crippen LogP contribution in [0.2, 0.25) is 5.02 Å². The number of thiazole rings is 1. The molecule has 1 aliphatic rings. The Hall–Kier alpha value is -1.25. The zero-order valence-electron chi connectivity index (χ0n) is 16.2. The maximum absolute atomic E-state index is 6.41. The maximum atomic E-state index is 6.41. The number of piperidine rings is 1. The summed E-state index contributed by atoms with van der Waals surface area (Å²) in [4.78, 5) is 12.5. The molecule has 0 saturated carbocycles. The molecule has 2 aromatic heterocycles. The molecular weight excluding hydrogens is 452 g/mol. The third kappa shape index (κ3) is 6.37. The number of anilines is 2. The first kappa shape index (κ1) is 23.4. The number of thioether (sulfide) groups is 1. The van der Waals surface area contributed by atoms with Crippen LogP contribution in [0.1, 0.15) is 26.0 Å². The van der Waals surface area contributed by atoms with E-state index in [0.29, 0.717) is 0 Å². The average molecular weight is 479 g/mol. The van der Waals surface area contributed by atoms with Crippen molar-refractivity contribution in [2.24, 2.45) is 5.92 Å². The molecule has 4 nitrogen and oxygen atoms in total. The number of aromatic nitrogens is 2. The van der Waals surface area contributed by atoms with Crippen LogP contribution in [0.5, 0.6) is 0 Å². The Balaban J connectivity index is 0.00000256. The molecular formula is C22H27ClN4S3. The van der Waals surface area contributed by atoms with Crippen LogP contribution in [0.15, 0.2) is 56.6 Å². The highest BCUT2D eigenvalue weighted by Crippen LogP contribution is 2.39. The second-order valence-corrected chi connectivity index (χ2v) is 10.4. The van der Waals surface area contributed by atoms with Crippen molar-refractivity contribution in [1.82, 2.24) is 15.3 Å². The average Bonchev–Trinajstić information content (AvgIpc) is 3.15. The Morgan fingerprint density at radius 3 is 2.77 bits per heavy atom. The van der Waals surface area contributed by atoms with Crippen LogP contribution in [0, 0.1) is 12.8 Å². The lowest BCUT2D eigenvalue weighted by Crippen LogP contribution is -2.28. The van der Waals surface area contributed by atoms with Gasteiger partial charge >= 0.3 is 0 Å². The topological polar surface area (TPSA) is 49.8 Å². The van der Waals surface area contributed by atoms with E-state index >= 15 is 0 Å². The Labute approximate surface area is 196 Å². The Morgan fingerprint density at radius 2 is 2.03 bits per heavy atom. The third-order valence-electron chi connectivity index (χ3n) is 4.67. The number of halogens is 1. The van der Waals surface area contributed by atoms with Gasteiger partial charge in [-0.25, -0.2) is 9.97 Å². The predicted octanol–water partition coefficient (Wildman–Crippen LogP) is 7.12. The van der Waals surface area contributed by atoms with Gasteiger partial charge in [-0.1, -0.05) is 42.9 Å². The monoisotopic (exact) mass is 478 g/mol. The van der Waals surface area contributed by atoms with Crippen LogP contribution < -0.4 is 10.6 Å². The normalized spacial score (nSPS) is 14.3. The molecule has 8 heteroatoms. The van der Waals surface area contributed by atoms with Crippen LogP contribution in [0.3, 0.4) is 0 Å². The van der Waals surface area contributed by atoms with Gasteiger partial charge in [-0.05, 0) is 57.0 Å². The third-order valence-corrected chi connectivity index (χ3v) is 8.29. The fraction of sp³-hybridized carbons (Fsp3) is 0.364. The van der Waals surface area contributed by atoms with E-state index in [1.165, 1.54) is 17.7 Å². The number of benzene rings is 1. The van der Waals surface area contributed by atoms with E-state index in [2.05, 4.69) is 21.7 Å². The van der Waals surface area contributed by atoms with Gasteiger partial charge in [0.1, 0.15) is 5.82 Å². The summed E-state index contributed by atoms with van der Waals surface area (Å²) in [6, 6.07) is 10.1. The summed E-state index contributed by atoms with van der Waals surface area (Å²) in [7, 11) is 0. The van der Waals surface area contributed by atoms with Crippen molar-refractivity contribution in [1.29, 1.82) is 0 Å².